The van der Waals surface area contributed by atoms with Crippen LogP contribution >= 0.6 is 0 Å². The molecule has 2 aromatic carbocycles. The first kappa shape index (κ1) is 17.5. The fraction of sp³-hybridized carbons (Fsp3) is 0.429. The highest BCUT2D eigenvalue weighted by atomic mass is 19.1. The molecule has 0 radical (unpaired) electrons. The lowest BCUT2D eigenvalue weighted by Gasteiger charge is -2.54. The Kier molecular flexibility index (Phi) is 4.47. The number of nitrogens with two attached hydrogens (primary N) is 1. The number of benzene rings is 2. The smallest absolute Gasteiger partial charge is 0.123 e. The SMILES string of the molecule is CN1CC[C@]2(N)c3cc(O)ccc3C[C@@H]1C2NCCc1ccc(F)cc1. The van der Waals surface area contributed by atoms with Gasteiger partial charge in [0.15, 0.2) is 0 Å². The summed E-state index contributed by atoms with van der Waals surface area (Å²) in [6.07, 6.45) is 2.61. The number of rotatable bonds is 4. The zero-order valence-electron chi connectivity index (χ0n) is 15.1. The molecule has 2 aromatic rings. The molecule has 4 N–H and O–H groups in total. The highest BCUT2D eigenvalue weighted by molar-refractivity contribution is 5.45. The summed E-state index contributed by atoms with van der Waals surface area (Å²) in [6.45, 7) is 1.74. The number of hydrogen-bond donors (Lipinski definition) is 3. The van der Waals surface area contributed by atoms with E-state index in [4.69, 9.17) is 5.73 Å². The lowest BCUT2D eigenvalue weighted by molar-refractivity contribution is 0.0600. The average Bonchev–Trinajstić information content (AvgIpc) is 2.62. The molecular formula is C21H26FN3O. The van der Waals surface area contributed by atoms with Crippen molar-refractivity contribution in [3.05, 3.63) is 65.0 Å². The van der Waals surface area contributed by atoms with Gasteiger partial charge in [-0.25, -0.2) is 4.39 Å². The van der Waals surface area contributed by atoms with Crippen LogP contribution in [-0.2, 0) is 18.4 Å². The molecule has 0 aromatic heterocycles. The Morgan fingerprint density at radius 3 is 2.81 bits per heavy atom. The van der Waals surface area contributed by atoms with Crippen LogP contribution < -0.4 is 11.1 Å². The largest absolute Gasteiger partial charge is 0.508 e. The van der Waals surface area contributed by atoms with E-state index >= 15 is 0 Å². The van der Waals surface area contributed by atoms with Crippen LogP contribution in [0.25, 0.3) is 0 Å². The minimum atomic E-state index is -0.480. The normalized spacial score (nSPS) is 28.0. The highest BCUT2D eigenvalue weighted by Crippen LogP contribution is 2.42. The number of halogens is 1. The van der Waals surface area contributed by atoms with Gasteiger partial charge in [0.25, 0.3) is 0 Å². The van der Waals surface area contributed by atoms with Crippen molar-refractivity contribution in [1.29, 1.82) is 0 Å². The van der Waals surface area contributed by atoms with Gasteiger partial charge in [0.2, 0.25) is 0 Å². The minimum Gasteiger partial charge on any atom is -0.508 e. The summed E-state index contributed by atoms with van der Waals surface area (Å²) in [5.41, 5.74) is 9.87. The van der Waals surface area contributed by atoms with Crippen molar-refractivity contribution in [3.8, 4) is 5.75 Å². The summed E-state index contributed by atoms with van der Waals surface area (Å²) in [6, 6.07) is 12.7. The predicted molar refractivity (Wildman–Crippen MR) is 101 cm³/mol. The van der Waals surface area contributed by atoms with Crippen molar-refractivity contribution < 1.29 is 9.50 Å². The van der Waals surface area contributed by atoms with Crippen LogP contribution in [0.15, 0.2) is 42.5 Å². The van der Waals surface area contributed by atoms with Gasteiger partial charge < -0.3 is 21.1 Å². The molecular weight excluding hydrogens is 329 g/mol. The molecule has 4 nitrogen and oxygen atoms in total. The summed E-state index contributed by atoms with van der Waals surface area (Å²) < 4.78 is 13.1. The van der Waals surface area contributed by atoms with Gasteiger partial charge >= 0.3 is 0 Å². The summed E-state index contributed by atoms with van der Waals surface area (Å²) in [4.78, 5) is 2.39. The molecule has 138 valence electrons. The predicted octanol–water partition coefficient (Wildman–Crippen LogP) is 2.15. The minimum absolute atomic E-state index is 0.121. The van der Waals surface area contributed by atoms with Crippen LogP contribution in [0.5, 0.6) is 5.75 Å². The Bertz CT molecular complexity index is 794. The molecule has 2 aliphatic rings. The van der Waals surface area contributed by atoms with Crippen molar-refractivity contribution in [2.45, 2.75) is 36.9 Å². The number of likely N-dealkylation sites (tertiary alicyclic amines) is 1. The second-order valence-corrected chi connectivity index (χ2v) is 7.69. The third kappa shape index (κ3) is 3.00. The molecule has 0 spiro atoms. The Morgan fingerprint density at radius 2 is 2.04 bits per heavy atom. The molecule has 1 heterocycles. The molecule has 1 fully saturated rings. The topological polar surface area (TPSA) is 61.5 Å². The van der Waals surface area contributed by atoms with Gasteiger partial charge in [0, 0.05) is 18.6 Å². The van der Waals surface area contributed by atoms with Gasteiger partial charge in [0.1, 0.15) is 11.6 Å². The van der Waals surface area contributed by atoms with Gasteiger partial charge in [-0.2, -0.15) is 0 Å². The van der Waals surface area contributed by atoms with Crippen LogP contribution in [0.1, 0.15) is 23.1 Å². The molecule has 1 unspecified atom stereocenters. The van der Waals surface area contributed by atoms with E-state index in [0.29, 0.717) is 6.04 Å². The number of nitrogens with zero attached hydrogens (tertiary/aromatic N) is 1. The molecule has 26 heavy (non-hydrogen) atoms. The van der Waals surface area contributed by atoms with Crippen molar-refractivity contribution in [2.24, 2.45) is 5.73 Å². The zero-order chi connectivity index (χ0) is 18.3. The van der Waals surface area contributed by atoms with Crippen molar-refractivity contribution in [2.75, 3.05) is 20.1 Å². The third-order valence-electron chi connectivity index (χ3n) is 6.10. The number of hydrogen-bond acceptors (Lipinski definition) is 4. The summed E-state index contributed by atoms with van der Waals surface area (Å²) in [7, 11) is 2.16. The van der Waals surface area contributed by atoms with Gasteiger partial charge in [-0.1, -0.05) is 18.2 Å². The number of phenols is 1. The Hall–Kier alpha value is -1.95. The summed E-state index contributed by atoms with van der Waals surface area (Å²) in [5, 5.41) is 13.6. The van der Waals surface area contributed by atoms with Crippen molar-refractivity contribution in [3.63, 3.8) is 0 Å². The summed E-state index contributed by atoms with van der Waals surface area (Å²) in [5.74, 6) is 0.0680. The Labute approximate surface area is 153 Å². The second kappa shape index (κ2) is 6.65. The van der Waals surface area contributed by atoms with Crippen LogP contribution in [0.4, 0.5) is 4.39 Å². The van der Waals surface area contributed by atoms with E-state index in [-0.39, 0.29) is 17.6 Å². The van der Waals surface area contributed by atoms with Gasteiger partial charge in [-0.3, -0.25) is 0 Å². The first-order chi connectivity index (χ1) is 12.5. The fourth-order valence-electron chi connectivity index (χ4n) is 4.60. The molecule has 1 saturated heterocycles. The van der Waals surface area contributed by atoms with E-state index in [1.54, 1.807) is 6.07 Å². The molecule has 3 atom stereocenters. The second-order valence-electron chi connectivity index (χ2n) is 7.69. The molecule has 4 rings (SSSR count). The van der Waals surface area contributed by atoms with Crippen LogP contribution in [0.3, 0.4) is 0 Å². The van der Waals surface area contributed by atoms with Crippen LogP contribution in [-0.4, -0.2) is 42.2 Å². The maximum Gasteiger partial charge on any atom is 0.123 e. The molecule has 2 bridgehead atoms. The Balaban J connectivity index is 1.55. The Morgan fingerprint density at radius 1 is 1.27 bits per heavy atom. The van der Waals surface area contributed by atoms with Gasteiger partial charge in [-0.15, -0.1) is 0 Å². The van der Waals surface area contributed by atoms with E-state index < -0.39 is 5.54 Å². The molecule has 1 aliphatic carbocycles. The lowest BCUT2D eigenvalue weighted by atomic mass is 9.66. The average molecular weight is 355 g/mol. The number of fused-ring (bicyclic) bond motifs is 4. The van der Waals surface area contributed by atoms with Gasteiger partial charge in [-0.05, 0) is 73.8 Å². The molecule has 0 saturated carbocycles. The number of nitrogens with one attached hydrogen (secondary N) is 1. The maximum absolute atomic E-state index is 13.1. The van der Waals surface area contributed by atoms with Crippen LogP contribution in [0, 0.1) is 5.82 Å². The van der Waals surface area contributed by atoms with Gasteiger partial charge in [0.05, 0.1) is 5.54 Å². The van der Waals surface area contributed by atoms with Crippen molar-refractivity contribution in [1.82, 2.24) is 10.2 Å². The molecule has 5 heteroatoms. The molecule has 0 amide bonds. The number of aromatic hydroxyl groups is 1. The monoisotopic (exact) mass is 355 g/mol. The summed E-state index contributed by atoms with van der Waals surface area (Å²) >= 11 is 0. The van der Waals surface area contributed by atoms with E-state index in [1.807, 2.05) is 24.3 Å². The zero-order valence-corrected chi connectivity index (χ0v) is 15.1. The number of likely N-dealkylation sites (N-methyl/N-ethyl adjacent to an activating group) is 1. The molecule has 1 aliphatic heterocycles. The lowest BCUT2D eigenvalue weighted by Crippen LogP contribution is -2.70. The fourth-order valence-corrected chi connectivity index (χ4v) is 4.60. The van der Waals surface area contributed by atoms with E-state index in [0.717, 1.165) is 43.5 Å². The van der Waals surface area contributed by atoms with E-state index in [9.17, 15) is 9.50 Å². The van der Waals surface area contributed by atoms with E-state index in [2.05, 4.69) is 17.3 Å². The first-order valence-electron chi connectivity index (χ1n) is 9.27. The highest BCUT2D eigenvalue weighted by Gasteiger charge is 2.50. The standard InChI is InChI=1S/C21H26FN3O/c1-25-11-9-21(23)18-13-17(26)7-4-15(18)12-19(25)20(21)24-10-8-14-2-5-16(22)6-3-14/h2-7,13,19-20,24,26H,8-12,23H2,1H3/t19-,20?,21+/m1/s1. The van der Waals surface area contributed by atoms with E-state index in [1.165, 1.54) is 17.7 Å². The maximum atomic E-state index is 13.1. The number of piperidine rings is 1. The van der Waals surface area contributed by atoms with Crippen molar-refractivity contribution >= 4 is 0 Å². The quantitative estimate of drug-likeness (QED) is 0.786. The third-order valence-corrected chi connectivity index (χ3v) is 6.10. The van der Waals surface area contributed by atoms with Crippen LogP contribution in [0.2, 0.25) is 0 Å². The first-order valence-corrected chi connectivity index (χ1v) is 9.27. The number of phenolic OH excluding ortho intramolecular Hbond substituents is 1.